The van der Waals surface area contributed by atoms with E-state index in [2.05, 4.69) is 50.4 Å². The number of methoxy groups -OCH3 is 1. The van der Waals surface area contributed by atoms with Gasteiger partial charge >= 0.3 is 0 Å². The summed E-state index contributed by atoms with van der Waals surface area (Å²) in [5.74, 6) is 0.858. The van der Waals surface area contributed by atoms with Crippen molar-refractivity contribution in [2.24, 2.45) is 17.5 Å². The zero-order valence-corrected chi connectivity index (χ0v) is 19.2. The van der Waals surface area contributed by atoms with Crippen LogP contribution in [-0.4, -0.2) is 41.0 Å². The van der Waals surface area contributed by atoms with Crippen molar-refractivity contribution in [3.05, 3.63) is 17.0 Å². The van der Waals surface area contributed by atoms with E-state index in [1.165, 1.54) is 11.3 Å². The molecule has 2 rings (SSSR count). The van der Waals surface area contributed by atoms with Gasteiger partial charge in [-0.3, -0.25) is 4.68 Å². The third-order valence-electron chi connectivity index (χ3n) is 5.99. The van der Waals surface area contributed by atoms with Gasteiger partial charge in [-0.05, 0) is 34.1 Å². The van der Waals surface area contributed by atoms with E-state index in [0.29, 0.717) is 12.6 Å². The number of nitrogens with zero attached hydrogens (tertiary/aromatic N) is 3. The smallest absolute Gasteiger partial charge is 0.191 e. The molecule has 1 aromatic heterocycles. The second-order valence-corrected chi connectivity index (χ2v) is 7.53. The minimum Gasteiger partial charge on any atom is -0.378 e. The molecule has 1 heterocycles. The molecule has 6 nitrogen and oxygen atoms in total. The van der Waals surface area contributed by atoms with Crippen molar-refractivity contribution in [1.29, 1.82) is 0 Å². The molecule has 0 saturated heterocycles. The highest BCUT2D eigenvalue weighted by Crippen LogP contribution is 2.51. The first-order valence-corrected chi connectivity index (χ1v) is 8.75. The van der Waals surface area contributed by atoms with Crippen LogP contribution in [0.4, 0.5) is 0 Å². The van der Waals surface area contributed by atoms with Crippen molar-refractivity contribution >= 4 is 29.9 Å². The van der Waals surface area contributed by atoms with Gasteiger partial charge in [-0.1, -0.05) is 13.8 Å². The van der Waals surface area contributed by atoms with E-state index in [4.69, 9.17) is 9.73 Å². The predicted molar refractivity (Wildman–Crippen MR) is 114 cm³/mol. The average Bonchev–Trinajstić information content (AvgIpc) is 2.77. The molecule has 0 spiro atoms. The van der Waals surface area contributed by atoms with E-state index < -0.39 is 0 Å². The number of aromatic nitrogens is 2. The fourth-order valence-electron chi connectivity index (χ4n) is 3.41. The van der Waals surface area contributed by atoms with Crippen LogP contribution >= 0.6 is 24.0 Å². The Hall–Kier alpha value is -0.830. The van der Waals surface area contributed by atoms with Gasteiger partial charge in [0, 0.05) is 43.4 Å². The first-order valence-electron chi connectivity index (χ1n) is 8.75. The molecule has 1 fully saturated rings. The third kappa shape index (κ3) is 4.13. The molecule has 7 heteroatoms. The summed E-state index contributed by atoms with van der Waals surface area (Å²) in [7, 11) is 3.77. The lowest BCUT2D eigenvalue weighted by molar-refractivity contribution is -0.176. The Labute approximate surface area is 169 Å². The summed E-state index contributed by atoms with van der Waals surface area (Å²) in [5, 5.41) is 11.4. The largest absolute Gasteiger partial charge is 0.378 e. The molecule has 0 bridgehead atoms. The standard InChI is InChI=1S/C18H33N5O.HI/c1-9-19-16(20-11-14-12(2)22-23(7)13(14)3)21-15-10-18(6,24-8)17(15,4)5;/h15H,9-11H2,1-8H3,(H2,19,20,21);1H. The second kappa shape index (κ2) is 8.24. The van der Waals surface area contributed by atoms with Crippen LogP contribution in [0.2, 0.25) is 0 Å². The van der Waals surface area contributed by atoms with Gasteiger partial charge in [0.05, 0.1) is 17.8 Å². The molecular formula is C18H34IN5O. The van der Waals surface area contributed by atoms with Crippen molar-refractivity contribution in [3.63, 3.8) is 0 Å². The molecule has 0 amide bonds. The number of nitrogens with one attached hydrogen (secondary N) is 2. The van der Waals surface area contributed by atoms with Crippen LogP contribution in [0.3, 0.4) is 0 Å². The minimum absolute atomic E-state index is 0. The van der Waals surface area contributed by atoms with Gasteiger partial charge in [0.15, 0.2) is 5.96 Å². The summed E-state index contributed by atoms with van der Waals surface area (Å²) in [6.07, 6.45) is 0.978. The average molecular weight is 463 g/mol. The first kappa shape index (κ1) is 22.2. The van der Waals surface area contributed by atoms with Gasteiger partial charge in [-0.25, -0.2) is 4.99 Å². The van der Waals surface area contributed by atoms with Crippen LogP contribution < -0.4 is 10.6 Å². The first-order chi connectivity index (χ1) is 11.2. The number of guanidine groups is 1. The summed E-state index contributed by atoms with van der Waals surface area (Å²) in [6, 6.07) is 0.344. The lowest BCUT2D eigenvalue weighted by Gasteiger charge is -2.59. The summed E-state index contributed by atoms with van der Waals surface area (Å²) in [4.78, 5) is 4.78. The van der Waals surface area contributed by atoms with E-state index in [1.54, 1.807) is 7.11 Å². The summed E-state index contributed by atoms with van der Waals surface area (Å²) >= 11 is 0. The van der Waals surface area contributed by atoms with Gasteiger partial charge in [0.2, 0.25) is 0 Å². The SMILES string of the molecule is CCNC(=NCc1c(C)nn(C)c1C)NC1CC(C)(OC)C1(C)C.I. The van der Waals surface area contributed by atoms with E-state index in [9.17, 15) is 0 Å². The Morgan fingerprint density at radius 3 is 2.44 bits per heavy atom. The molecule has 0 aliphatic heterocycles. The second-order valence-electron chi connectivity index (χ2n) is 7.53. The van der Waals surface area contributed by atoms with Crippen molar-refractivity contribution in [1.82, 2.24) is 20.4 Å². The Bertz CT molecular complexity index is 625. The lowest BCUT2D eigenvalue weighted by Crippen LogP contribution is -2.69. The zero-order chi connectivity index (χ0) is 18.1. The highest BCUT2D eigenvalue weighted by molar-refractivity contribution is 14.0. The Balaban J connectivity index is 0.00000312. The monoisotopic (exact) mass is 463 g/mol. The van der Waals surface area contributed by atoms with E-state index in [1.807, 2.05) is 18.7 Å². The molecule has 25 heavy (non-hydrogen) atoms. The molecule has 1 saturated carbocycles. The number of rotatable bonds is 5. The van der Waals surface area contributed by atoms with E-state index >= 15 is 0 Å². The Morgan fingerprint density at radius 2 is 2.00 bits per heavy atom. The zero-order valence-electron chi connectivity index (χ0n) is 16.9. The molecule has 1 aromatic rings. The maximum absolute atomic E-state index is 5.71. The molecule has 0 aromatic carbocycles. The molecule has 2 unspecified atom stereocenters. The summed E-state index contributed by atoms with van der Waals surface area (Å²) in [6.45, 7) is 14.4. The third-order valence-corrected chi connectivity index (χ3v) is 5.99. The molecule has 1 aliphatic carbocycles. The highest BCUT2D eigenvalue weighted by Gasteiger charge is 2.58. The molecule has 144 valence electrons. The lowest BCUT2D eigenvalue weighted by atomic mass is 9.56. The highest BCUT2D eigenvalue weighted by atomic mass is 127. The predicted octanol–water partition coefficient (Wildman–Crippen LogP) is 2.91. The number of halogens is 1. The maximum Gasteiger partial charge on any atom is 0.191 e. The molecule has 2 N–H and O–H groups in total. The van der Waals surface area contributed by atoms with Crippen molar-refractivity contribution in [2.75, 3.05) is 13.7 Å². The van der Waals surface area contributed by atoms with E-state index in [0.717, 1.165) is 24.6 Å². The number of hydrogen-bond acceptors (Lipinski definition) is 3. The fraction of sp³-hybridized carbons (Fsp3) is 0.778. The number of ether oxygens (including phenoxy) is 1. The van der Waals surface area contributed by atoms with Crippen LogP contribution in [0.25, 0.3) is 0 Å². The number of aryl methyl sites for hydroxylation is 2. The van der Waals surface area contributed by atoms with Crippen LogP contribution in [0.15, 0.2) is 4.99 Å². The Morgan fingerprint density at radius 1 is 1.36 bits per heavy atom. The number of hydrogen-bond donors (Lipinski definition) is 2. The van der Waals surface area contributed by atoms with Crippen LogP contribution in [0, 0.1) is 19.3 Å². The van der Waals surface area contributed by atoms with Crippen LogP contribution in [-0.2, 0) is 18.3 Å². The van der Waals surface area contributed by atoms with Gasteiger partial charge in [0.25, 0.3) is 0 Å². The molecule has 0 radical (unpaired) electrons. The van der Waals surface area contributed by atoms with E-state index in [-0.39, 0.29) is 35.0 Å². The quantitative estimate of drug-likeness (QED) is 0.401. The summed E-state index contributed by atoms with van der Waals surface area (Å²) in [5.41, 5.74) is 3.38. The fourth-order valence-corrected chi connectivity index (χ4v) is 3.41. The van der Waals surface area contributed by atoms with Crippen LogP contribution in [0.1, 0.15) is 51.1 Å². The van der Waals surface area contributed by atoms with Gasteiger partial charge in [-0.15, -0.1) is 24.0 Å². The van der Waals surface area contributed by atoms with Gasteiger partial charge in [0.1, 0.15) is 0 Å². The maximum atomic E-state index is 5.71. The van der Waals surface area contributed by atoms with Crippen molar-refractivity contribution < 1.29 is 4.74 Å². The minimum atomic E-state index is -0.0848. The number of aliphatic imine (C=N–C) groups is 1. The van der Waals surface area contributed by atoms with Crippen LogP contribution in [0.5, 0.6) is 0 Å². The van der Waals surface area contributed by atoms with Gasteiger partial charge < -0.3 is 15.4 Å². The topological polar surface area (TPSA) is 63.5 Å². The molecule has 2 atom stereocenters. The molecular weight excluding hydrogens is 429 g/mol. The van der Waals surface area contributed by atoms with Crippen molar-refractivity contribution in [3.8, 4) is 0 Å². The molecule has 1 aliphatic rings. The summed E-state index contributed by atoms with van der Waals surface area (Å²) < 4.78 is 7.63. The normalized spacial score (nSPS) is 25.1. The van der Waals surface area contributed by atoms with Gasteiger partial charge in [-0.2, -0.15) is 5.10 Å². The Kier molecular flexibility index (Phi) is 7.32. The van der Waals surface area contributed by atoms with Crippen molar-refractivity contribution in [2.45, 2.75) is 66.2 Å².